The van der Waals surface area contributed by atoms with E-state index in [1.807, 2.05) is 38.1 Å². The smallest absolute Gasteiger partial charge is 0.371 e. The van der Waals surface area contributed by atoms with Crippen molar-refractivity contribution in [3.05, 3.63) is 77.0 Å². The van der Waals surface area contributed by atoms with Crippen molar-refractivity contribution in [2.45, 2.75) is 13.8 Å². The zero-order valence-corrected chi connectivity index (χ0v) is 16.1. The highest BCUT2D eigenvalue weighted by molar-refractivity contribution is 7.80. The molecule has 1 amide bonds. The molecule has 2 aromatic carbocycles. The Hall–Kier alpha value is -3.45. The van der Waals surface area contributed by atoms with Gasteiger partial charge < -0.3 is 14.8 Å². The van der Waals surface area contributed by atoms with Gasteiger partial charge in [-0.1, -0.05) is 24.3 Å². The molecular formula is C21H18N2O4S. The van der Waals surface area contributed by atoms with Crippen LogP contribution in [0.4, 0.5) is 5.69 Å². The molecule has 0 saturated carbocycles. The average molecular weight is 394 g/mol. The third kappa shape index (κ3) is 4.27. The van der Waals surface area contributed by atoms with Crippen molar-refractivity contribution < 1.29 is 19.1 Å². The van der Waals surface area contributed by atoms with Crippen LogP contribution in [-0.2, 0) is 0 Å². The fraction of sp³-hybridized carbons (Fsp3) is 0.0952. The predicted molar refractivity (Wildman–Crippen MR) is 111 cm³/mol. The average Bonchev–Trinajstić information content (AvgIpc) is 3.13. The first-order chi connectivity index (χ1) is 13.3. The number of carbonyl (C=O) groups is 2. The van der Waals surface area contributed by atoms with E-state index in [0.29, 0.717) is 17.0 Å². The quantitative estimate of drug-likeness (QED) is 0.569. The van der Waals surface area contributed by atoms with Crippen molar-refractivity contribution in [3.8, 4) is 11.3 Å². The van der Waals surface area contributed by atoms with Crippen molar-refractivity contribution in [1.29, 1.82) is 0 Å². The second-order valence-corrected chi connectivity index (χ2v) is 6.63. The van der Waals surface area contributed by atoms with E-state index in [4.69, 9.17) is 21.7 Å². The van der Waals surface area contributed by atoms with Gasteiger partial charge in [-0.15, -0.1) is 0 Å². The first-order valence-electron chi connectivity index (χ1n) is 8.47. The van der Waals surface area contributed by atoms with Crippen LogP contribution in [0.1, 0.15) is 32.0 Å². The molecule has 0 radical (unpaired) electrons. The van der Waals surface area contributed by atoms with E-state index in [9.17, 15) is 9.59 Å². The summed E-state index contributed by atoms with van der Waals surface area (Å²) in [5, 5.41) is 14.8. The largest absolute Gasteiger partial charge is 0.475 e. The molecule has 1 aromatic heterocycles. The van der Waals surface area contributed by atoms with Gasteiger partial charge in [0.25, 0.3) is 5.91 Å². The Kier molecular flexibility index (Phi) is 5.56. The molecule has 0 bridgehead atoms. The summed E-state index contributed by atoms with van der Waals surface area (Å²) in [7, 11) is 0. The van der Waals surface area contributed by atoms with Crippen molar-refractivity contribution in [2.75, 3.05) is 5.32 Å². The van der Waals surface area contributed by atoms with E-state index in [2.05, 4.69) is 10.6 Å². The SMILES string of the molecule is Cc1ccccc1C(=O)NC(=S)Nc1ccc(C)c(-c2ccc(C(=O)O)o2)c1. The van der Waals surface area contributed by atoms with Gasteiger partial charge in [-0.3, -0.25) is 10.1 Å². The molecule has 0 atom stereocenters. The molecule has 0 fully saturated rings. The summed E-state index contributed by atoms with van der Waals surface area (Å²) in [4.78, 5) is 23.4. The molecule has 0 aliphatic carbocycles. The lowest BCUT2D eigenvalue weighted by Crippen LogP contribution is -2.34. The topological polar surface area (TPSA) is 91.6 Å². The number of carboxylic acid groups (broad SMARTS) is 1. The van der Waals surface area contributed by atoms with Gasteiger partial charge in [0.05, 0.1) is 0 Å². The molecule has 0 unspecified atom stereocenters. The third-order valence-corrected chi connectivity index (χ3v) is 4.40. The van der Waals surface area contributed by atoms with E-state index in [1.54, 1.807) is 24.3 Å². The van der Waals surface area contributed by atoms with E-state index < -0.39 is 5.97 Å². The van der Waals surface area contributed by atoms with Crippen molar-refractivity contribution >= 4 is 34.9 Å². The number of hydrogen-bond acceptors (Lipinski definition) is 4. The number of hydrogen-bond donors (Lipinski definition) is 3. The monoisotopic (exact) mass is 394 g/mol. The molecule has 28 heavy (non-hydrogen) atoms. The lowest BCUT2D eigenvalue weighted by molar-refractivity contribution is 0.0663. The van der Waals surface area contributed by atoms with Crippen LogP contribution in [0.5, 0.6) is 0 Å². The second-order valence-electron chi connectivity index (χ2n) is 6.22. The van der Waals surface area contributed by atoms with Crippen LogP contribution in [0.15, 0.2) is 59.0 Å². The number of anilines is 1. The Bertz CT molecular complexity index is 1070. The number of nitrogens with one attached hydrogen (secondary N) is 2. The standard InChI is InChI=1S/C21H18N2O4S/c1-12-5-3-4-6-15(12)19(24)23-21(28)22-14-8-7-13(2)16(11-14)17-9-10-18(27-17)20(25)26/h3-11H,1-2H3,(H,25,26)(H2,22,23,24,28). The highest BCUT2D eigenvalue weighted by Gasteiger charge is 2.14. The number of benzene rings is 2. The third-order valence-electron chi connectivity index (χ3n) is 4.19. The number of amides is 1. The van der Waals surface area contributed by atoms with Crippen LogP contribution < -0.4 is 10.6 Å². The molecule has 0 aliphatic rings. The number of furan rings is 1. The Morgan fingerprint density at radius 1 is 1.00 bits per heavy atom. The molecule has 6 nitrogen and oxygen atoms in total. The predicted octanol–water partition coefficient (Wildman–Crippen LogP) is 4.39. The molecule has 1 heterocycles. The second kappa shape index (κ2) is 8.06. The summed E-state index contributed by atoms with van der Waals surface area (Å²) < 4.78 is 5.38. The molecule has 142 valence electrons. The highest BCUT2D eigenvalue weighted by Crippen LogP contribution is 2.28. The first-order valence-corrected chi connectivity index (χ1v) is 8.88. The summed E-state index contributed by atoms with van der Waals surface area (Å²) in [6.07, 6.45) is 0. The van der Waals surface area contributed by atoms with Gasteiger partial charge >= 0.3 is 5.97 Å². The molecule has 7 heteroatoms. The van der Waals surface area contributed by atoms with Gasteiger partial charge in [0.15, 0.2) is 5.11 Å². The highest BCUT2D eigenvalue weighted by atomic mass is 32.1. The summed E-state index contributed by atoms with van der Waals surface area (Å²) in [5.74, 6) is -1.11. The Morgan fingerprint density at radius 2 is 1.75 bits per heavy atom. The lowest BCUT2D eigenvalue weighted by Gasteiger charge is -2.12. The van der Waals surface area contributed by atoms with Gasteiger partial charge in [0, 0.05) is 16.8 Å². The summed E-state index contributed by atoms with van der Waals surface area (Å²) >= 11 is 5.24. The minimum Gasteiger partial charge on any atom is -0.475 e. The van der Waals surface area contributed by atoms with Crippen LogP contribution in [0.3, 0.4) is 0 Å². The van der Waals surface area contributed by atoms with Gasteiger partial charge in [-0.2, -0.15) is 0 Å². The molecule has 3 N–H and O–H groups in total. The summed E-state index contributed by atoms with van der Waals surface area (Å²) in [6, 6.07) is 15.7. The minimum atomic E-state index is -1.13. The Labute approximate surface area is 167 Å². The fourth-order valence-corrected chi connectivity index (χ4v) is 2.93. The number of aryl methyl sites for hydroxylation is 2. The van der Waals surface area contributed by atoms with Crippen LogP contribution >= 0.6 is 12.2 Å². The molecule has 0 saturated heterocycles. The maximum atomic E-state index is 12.4. The summed E-state index contributed by atoms with van der Waals surface area (Å²) in [5.41, 5.74) is 3.68. The van der Waals surface area contributed by atoms with Gasteiger partial charge in [0.1, 0.15) is 5.76 Å². The van der Waals surface area contributed by atoms with Crippen LogP contribution in [0, 0.1) is 13.8 Å². The van der Waals surface area contributed by atoms with Gasteiger partial charge in [-0.05, 0) is 67.5 Å². The van der Waals surface area contributed by atoms with Crippen LogP contribution in [0.25, 0.3) is 11.3 Å². The normalized spacial score (nSPS) is 10.4. The Morgan fingerprint density at radius 3 is 2.43 bits per heavy atom. The number of thiocarbonyl (C=S) groups is 1. The van der Waals surface area contributed by atoms with Crippen molar-refractivity contribution in [2.24, 2.45) is 0 Å². The molecule has 0 aliphatic heterocycles. The zero-order valence-electron chi connectivity index (χ0n) is 15.3. The zero-order chi connectivity index (χ0) is 20.3. The van der Waals surface area contributed by atoms with Crippen molar-refractivity contribution in [1.82, 2.24) is 5.32 Å². The number of carboxylic acids is 1. The number of carbonyl (C=O) groups excluding carboxylic acids is 1. The minimum absolute atomic E-state index is 0.131. The van der Waals surface area contributed by atoms with Gasteiger partial charge in [0.2, 0.25) is 5.76 Å². The van der Waals surface area contributed by atoms with E-state index in [1.165, 1.54) is 6.07 Å². The number of aromatic carboxylic acids is 1. The van der Waals surface area contributed by atoms with E-state index in [0.717, 1.165) is 16.7 Å². The molecule has 3 rings (SSSR count). The van der Waals surface area contributed by atoms with Gasteiger partial charge in [-0.25, -0.2) is 4.79 Å². The molecular weight excluding hydrogens is 376 g/mol. The molecule has 0 spiro atoms. The van der Waals surface area contributed by atoms with Crippen molar-refractivity contribution in [3.63, 3.8) is 0 Å². The maximum absolute atomic E-state index is 12.4. The maximum Gasteiger partial charge on any atom is 0.371 e. The van der Waals surface area contributed by atoms with Crippen LogP contribution in [-0.4, -0.2) is 22.1 Å². The summed E-state index contributed by atoms with van der Waals surface area (Å²) in [6.45, 7) is 3.74. The first kappa shape index (κ1) is 19.3. The molecule has 3 aromatic rings. The van der Waals surface area contributed by atoms with E-state index in [-0.39, 0.29) is 16.8 Å². The van der Waals surface area contributed by atoms with E-state index >= 15 is 0 Å². The van der Waals surface area contributed by atoms with Crippen LogP contribution in [0.2, 0.25) is 0 Å². The lowest BCUT2D eigenvalue weighted by atomic mass is 10.1. The fourth-order valence-electron chi connectivity index (χ4n) is 2.72. The Balaban J connectivity index is 1.75. The number of rotatable bonds is 4.